The molecule has 0 saturated heterocycles. The van der Waals surface area contributed by atoms with Crippen molar-refractivity contribution in [3.05, 3.63) is 42.5 Å². The molecule has 0 aliphatic carbocycles. The summed E-state index contributed by atoms with van der Waals surface area (Å²) in [5.41, 5.74) is 0.990. The zero-order valence-electron chi connectivity index (χ0n) is 17.5. The first-order valence-electron chi connectivity index (χ1n) is 9.39. The third kappa shape index (κ3) is 8.82. The summed E-state index contributed by atoms with van der Waals surface area (Å²) in [6.45, 7) is 12.4. The maximum Gasteiger partial charge on any atom is 0.313 e. The monoisotopic (exact) mass is 408 g/mol. The molecule has 0 heterocycles. The molecule has 0 spiro atoms. The van der Waals surface area contributed by atoms with Gasteiger partial charge in [-0.05, 0) is 44.3 Å². The van der Waals surface area contributed by atoms with Crippen molar-refractivity contribution in [2.24, 2.45) is 5.92 Å². The molecular formula is C21H32O6Si. The van der Waals surface area contributed by atoms with Crippen molar-refractivity contribution in [1.82, 2.24) is 0 Å². The quantitative estimate of drug-likeness (QED) is 0.214. The van der Waals surface area contributed by atoms with Gasteiger partial charge >= 0.3 is 5.97 Å². The molecule has 0 bridgehead atoms. The van der Waals surface area contributed by atoms with Gasteiger partial charge in [0.25, 0.3) is 0 Å². The summed E-state index contributed by atoms with van der Waals surface area (Å²) >= 11 is 0. The van der Waals surface area contributed by atoms with Crippen LogP contribution in [0.25, 0.3) is 0 Å². The van der Waals surface area contributed by atoms with Crippen LogP contribution in [0.1, 0.15) is 18.9 Å². The number of carbonyl (C=O) groups excluding carboxylic acids is 2. The van der Waals surface area contributed by atoms with Gasteiger partial charge in [0.1, 0.15) is 18.3 Å². The van der Waals surface area contributed by atoms with Gasteiger partial charge in [-0.1, -0.05) is 18.2 Å². The minimum absolute atomic E-state index is 0.238. The van der Waals surface area contributed by atoms with Crippen LogP contribution >= 0.6 is 0 Å². The molecule has 156 valence electrons. The summed E-state index contributed by atoms with van der Waals surface area (Å²) in [6.07, 6.45) is 0.567. The number of ketones is 1. The van der Waals surface area contributed by atoms with Crippen molar-refractivity contribution in [3.63, 3.8) is 0 Å². The van der Waals surface area contributed by atoms with Crippen LogP contribution in [0.3, 0.4) is 0 Å². The summed E-state index contributed by atoms with van der Waals surface area (Å²) in [7, 11) is -0.418. The van der Waals surface area contributed by atoms with E-state index in [1.54, 1.807) is 20.1 Å². The van der Waals surface area contributed by atoms with E-state index in [1.165, 1.54) is 0 Å². The van der Waals surface area contributed by atoms with Gasteiger partial charge in [-0.2, -0.15) is 0 Å². The summed E-state index contributed by atoms with van der Waals surface area (Å²) in [6, 6.07) is 7.57. The average molecular weight is 409 g/mol. The van der Waals surface area contributed by atoms with Gasteiger partial charge in [0, 0.05) is 5.92 Å². The van der Waals surface area contributed by atoms with Crippen LogP contribution in [0.2, 0.25) is 19.6 Å². The fourth-order valence-corrected chi connectivity index (χ4v) is 3.61. The predicted molar refractivity (Wildman–Crippen MR) is 111 cm³/mol. The smallest absolute Gasteiger partial charge is 0.313 e. The van der Waals surface area contributed by atoms with Crippen LogP contribution in [-0.2, 0) is 30.1 Å². The molecule has 0 aliphatic rings. The SMILES string of the molecule is C=C[C@H](COCc1ccc(OC)cc1)[C@H](O[Si](C)(C)C)C(=O)CC(=O)OCC. The maximum absolute atomic E-state index is 12.7. The van der Waals surface area contributed by atoms with E-state index in [1.807, 2.05) is 43.9 Å². The highest BCUT2D eigenvalue weighted by Gasteiger charge is 2.33. The Balaban J connectivity index is 2.75. The van der Waals surface area contributed by atoms with Crippen LogP contribution in [0.4, 0.5) is 0 Å². The number of carbonyl (C=O) groups is 2. The molecule has 0 saturated carbocycles. The number of hydrogen-bond donors (Lipinski definition) is 0. The number of hydrogen-bond acceptors (Lipinski definition) is 6. The molecule has 6 nitrogen and oxygen atoms in total. The molecule has 7 heteroatoms. The van der Waals surface area contributed by atoms with Crippen LogP contribution in [0.15, 0.2) is 36.9 Å². The van der Waals surface area contributed by atoms with E-state index in [4.69, 9.17) is 18.6 Å². The van der Waals surface area contributed by atoms with E-state index in [-0.39, 0.29) is 31.3 Å². The van der Waals surface area contributed by atoms with Crippen LogP contribution in [0.5, 0.6) is 5.75 Å². The van der Waals surface area contributed by atoms with Crippen LogP contribution in [-0.4, -0.2) is 46.5 Å². The molecule has 1 aromatic rings. The van der Waals surface area contributed by atoms with Gasteiger partial charge < -0.3 is 18.6 Å². The van der Waals surface area contributed by atoms with E-state index in [0.29, 0.717) is 6.61 Å². The highest BCUT2D eigenvalue weighted by atomic mass is 28.4. The molecular weight excluding hydrogens is 376 g/mol. The number of benzene rings is 1. The van der Waals surface area contributed by atoms with Crippen molar-refractivity contribution in [3.8, 4) is 5.75 Å². The Kier molecular flexibility index (Phi) is 10.1. The first kappa shape index (κ1) is 24.1. The first-order chi connectivity index (χ1) is 13.2. The fraction of sp³-hybridized carbons (Fsp3) is 0.524. The second-order valence-corrected chi connectivity index (χ2v) is 11.8. The van der Waals surface area contributed by atoms with Crippen molar-refractivity contribution in [1.29, 1.82) is 0 Å². The number of esters is 1. The summed E-state index contributed by atoms with van der Waals surface area (Å²) in [5.74, 6) is -0.426. The molecule has 1 aromatic carbocycles. The lowest BCUT2D eigenvalue weighted by molar-refractivity contribution is -0.147. The number of rotatable bonds is 13. The van der Waals surface area contributed by atoms with Crippen LogP contribution in [0, 0.1) is 5.92 Å². The summed E-state index contributed by atoms with van der Waals surface area (Å²) in [5, 5.41) is 0. The largest absolute Gasteiger partial charge is 0.497 e. The molecule has 0 fully saturated rings. The van der Waals surface area contributed by atoms with Gasteiger partial charge in [-0.15, -0.1) is 6.58 Å². The Morgan fingerprint density at radius 2 is 1.82 bits per heavy atom. The highest BCUT2D eigenvalue weighted by Crippen LogP contribution is 2.20. The predicted octanol–water partition coefficient (Wildman–Crippen LogP) is 3.76. The number of ether oxygens (including phenoxy) is 3. The van der Waals surface area contributed by atoms with Gasteiger partial charge in [0.2, 0.25) is 0 Å². The second kappa shape index (κ2) is 11.8. The first-order valence-corrected chi connectivity index (χ1v) is 12.8. The Morgan fingerprint density at radius 1 is 1.18 bits per heavy atom. The van der Waals surface area contributed by atoms with Gasteiger partial charge in [0.15, 0.2) is 14.1 Å². The summed E-state index contributed by atoms with van der Waals surface area (Å²) in [4.78, 5) is 24.4. The summed E-state index contributed by atoms with van der Waals surface area (Å²) < 4.78 is 21.9. The molecule has 28 heavy (non-hydrogen) atoms. The third-order valence-electron chi connectivity index (χ3n) is 3.85. The van der Waals surface area contributed by atoms with Crippen LogP contribution < -0.4 is 4.74 Å². The van der Waals surface area contributed by atoms with Crippen molar-refractivity contribution in [2.45, 2.75) is 45.7 Å². The molecule has 0 amide bonds. The topological polar surface area (TPSA) is 71.1 Å². The fourth-order valence-electron chi connectivity index (χ4n) is 2.54. The molecule has 0 aromatic heterocycles. The molecule has 0 unspecified atom stereocenters. The van der Waals surface area contributed by atoms with E-state index in [0.717, 1.165) is 11.3 Å². The minimum atomic E-state index is -2.04. The lowest BCUT2D eigenvalue weighted by atomic mass is 9.98. The Bertz CT molecular complexity index is 635. The zero-order valence-corrected chi connectivity index (χ0v) is 18.5. The van der Waals surface area contributed by atoms with Crippen molar-refractivity contribution in [2.75, 3.05) is 20.3 Å². The standard InChI is InChI=1S/C21H32O6Si/c1-7-17(15-25-14-16-9-11-18(24-3)12-10-16)21(27-28(4,5)6)19(22)13-20(23)26-8-2/h7,9-12,17,21H,1,8,13-15H2,2-6H3/t17-,21+/m1/s1. The van der Waals surface area contributed by atoms with E-state index < -0.39 is 20.4 Å². The molecule has 0 aliphatic heterocycles. The van der Waals surface area contributed by atoms with Gasteiger partial charge in [0.05, 0.1) is 26.9 Å². The maximum atomic E-state index is 12.7. The minimum Gasteiger partial charge on any atom is -0.497 e. The number of Topliss-reactive ketones (excluding diaryl/α,β-unsaturated/α-hetero) is 1. The second-order valence-electron chi connectivity index (χ2n) is 7.36. The van der Waals surface area contributed by atoms with Gasteiger partial charge in [-0.3, -0.25) is 9.59 Å². The third-order valence-corrected chi connectivity index (χ3v) is 4.81. The average Bonchev–Trinajstić information content (AvgIpc) is 2.63. The molecule has 0 radical (unpaired) electrons. The van der Waals surface area contributed by atoms with E-state index in [2.05, 4.69) is 6.58 Å². The molecule has 2 atom stereocenters. The lowest BCUT2D eigenvalue weighted by Crippen LogP contribution is -2.43. The molecule has 1 rings (SSSR count). The Hall–Kier alpha value is -1.96. The van der Waals surface area contributed by atoms with E-state index >= 15 is 0 Å². The molecule has 0 N–H and O–H groups in total. The number of methoxy groups -OCH3 is 1. The van der Waals surface area contributed by atoms with Gasteiger partial charge in [-0.25, -0.2) is 0 Å². The zero-order chi connectivity index (χ0) is 21.2. The Morgan fingerprint density at radius 3 is 2.32 bits per heavy atom. The normalized spacial score (nSPS) is 13.5. The highest BCUT2D eigenvalue weighted by molar-refractivity contribution is 6.69. The Labute approximate surface area is 168 Å². The van der Waals surface area contributed by atoms with Crippen molar-refractivity contribution >= 4 is 20.1 Å². The lowest BCUT2D eigenvalue weighted by Gasteiger charge is -2.30. The van der Waals surface area contributed by atoms with E-state index in [9.17, 15) is 9.59 Å². The van der Waals surface area contributed by atoms with Crippen molar-refractivity contribution < 1.29 is 28.2 Å².